The lowest BCUT2D eigenvalue weighted by Gasteiger charge is -1.92. The molecule has 3 aromatic heterocycles. The predicted octanol–water partition coefficient (Wildman–Crippen LogP) is 3.41. The zero-order valence-electron chi connectivity index (χ0n) is 8.09. The SMILES string of the molecule is Clc1ncnc2cc(-c3ccccn3)sc12. The molecule has 0 N–H and O–H groups in total. The van der Waals surface area contributed by atoms with Crippen LogP contribution >= 0.6 is 22.9 Å². The second-order valence-corrected chi connectivity index (χ2v) is 4.61. The first-order chi connectivity index (χ1) is 7.84. The first kappa shape index (κ1) is 9.69. The number of fused-ring (bicyclic) bond motifs is 1. The Labute approximate surface area is 101 Å². The second-order valence-electron chi connectivity index (χ2n) is 3.20. The Hall–Kier alpha value is -1.52. The van der Waals surface area contributed by atoms with Gasteiger partial charge in [-0.2, -0.15) is 0 Å². The van der Waals surface area contributed by atoms with Gasteiger partial charge in [0, 0.05) is 6.20 Å². The summed E-state index contributed by atoms with van der Waals surface area (Å²) in [5.74, 6) is 0. The maximum Gasteiger partial charge on any atom is 0.150 e. The zero-order chi connectivity index (χ0) is 11.0. The van der Waals surface area contributed by atoms with Gasteiger partial charge in [0.2, 0.25) is 0 Å². The van der Waals surface area contributed by atoms with Gasteiger partial charge in [-0.15, -0.1) is 11.3 Å². The molecular weight excluding hydrogens is 242 g/mol. The minimum absolute atomic E-state index is 0.497. The fraction of sp³-hybridized carbons (Fsp3) is 0. The summed E-state index contributed by atoms with van der Waals surface area (Å²) < 4.78 is 0.907. The lowest BCUT2D eigenvalue weighted by molar-refractivity contribution is 1.23. The monoisotopic (exact) mass is 247 g/mol. The third-order valence-corrected chi connectivity index (χ3v) is 3.74. The lowest BCUT2D eigenvalue weighted by atomic mass is 10.3. The number of halogens is 1. The molecule has 3 rings (SSSR count). The third kappa shape index (κ3) is 1.56. The van der Waals surface area contributed by atoms with Gasteiger partial charge in [-0.05, 0) is 18.2 Å². The molecule has 0 amide bonds. The minimum atomic E-state index is 0.497. The van der Waals surface area contributed by atoms with Crippen molar-refractivity contribution in [2.45, 2.75) is 0 Å². The molecule has 3 nitrogen and oxygen atoms in total. The lowest BCUT2D eigenvalue weighted by Crippen LogP contribution is -1.77. The van der Waals surface area contributed by atoms with E-state index in [1.165, 1.54) is 6.33 Å². The largest absolute Gasteiger partial charge is 0.255 e. The maximum atomic E-state index is 6.00. The van der Waals surface area contributed by atoms with Crippen LogP contribution in [0.15, 0.2) is 36.8 Å². The molecule has 0 fully saturated rings. The van der Waals surface area contributed by atoms with Crippen molar-refractivity contribution in [2.24, 2.45) is 0 Å². The van der Waals surface area contributed by atoms with Gasteiger partial charge in [0.25, 0.3) is 0 Å². The number of rotatable bonds is 1. The van der Waals surface area contributed by atoms with Gasteiger partial charge < -0.3 is 0 Å². The molecule has 3 aromatic rings. The average Bonchev–Trinajstić information content (AvgIpc) is 2.76. The van der Waals surface area contributed by atoms with Gasteiger partial charge in [0.05, 0.1) is 20.8 Å². The number of hydrogen-bond donors (Lipinski definition) is 0. The molecule has 3 heterocycles. The van der Waals surface area contributed by atoms with Gasteiger partial charge in [-0.25, -0.2) is 9.97 Å². The Morgan fingerprint density at radius 1 is 1.12 bits per heavy atom. The first-order valence-electron chi connectivity index (χ1n) is 4.66. The van der Waals surface area contributed by atoms with Crippen molar-refractivity contribution >= 4 is 33.2 Å². The van der Waals surface area contributed by atoms with E-state index in [4.69, 9.17) is 11.6 Å². The van der Waals surface area contributed by atoms with Crippen molar-refractivity contribution in [3.05, 3.63) is 41.9 Å². The summed E-state index contributed by atoms with van der Waals surface area (Å²) in [5, 5.41) is 0.497. The molecule has 16 heavy (non-hydrogen) atoms. The summed E-state index contributed by atoms with van der Waals surface area (Å²) in [7, 11) is 0. The van der Waals surface area contributed by atoms with Crippen molar-refractivity contribution in [3.63, 3.8) is 0 Å². The van der Waals surface area contributed by atoms with Crippen LogP contribution in [-0.4, -0.2) is 15.0 Å². The maximum absolute atomic E-state index is 6.00. The Bertz CT molecular complexity index is 636. The van der Waals surface area contributed by atoms with E-state index in [9.17, 15) is 0 Å². The van der Waals surface area contributed by atoms with Crippen LogP contribution < -0.4 is 0 Å². The normalized spacial score (nSPS) is 10.8. The topological polar surface area (TPSA) is 38.7 Å². The van der Waals surface area contributed by atoms with E-state index in [1.54, 1.807) is 17.5 Å². The van der Waals surface area contributed by atoms with E-state index in [2.05, 4.69) is 15.0 Å². The molecule has 0 bridgehead atoms. The van der Waals surface area contributed by atoms with Crippen molar-refractivity contribution in [1.29, 1.82) is 0 Å². The molecule has 0 radical (unpaired) electrons. The number of aromatic nitrogens is 3. The molecule has 0 spiro atoms. The number of pyridine rings is 1. The molecule has 0 unspecified atom stereocenters. The third-order valence-electron chi connectivity index (χ3n) is 2.19. The molecular formula is C11H6ClN3S. The second kappa shape index (κ2) is 3.81. The van der Waals surface area contributed by atoms with Gasteiger partial charge in [-0.3, -0.25) is 4.98 Å². The predicted molar refractivity (Wildman–Crippen MR) is 65.7 cm³/mol. The fourth-order valence-corrected chi connectivity index (χ4v) is 2.69. The Balaban J connectivity index is 2.23. The highest BCUT2D eigenvalue weighted by atomic mass is 35.5. The van der Waals surface area contributed by atoms with Gasteiger partial charge in [-0.1, -0.05) is 17.7 Å². The van der Waals surface area contributed by atoms with Gasteiger partial charge >= 0.3 is 0 Å². The van der Waals surface area contributed by atoms with Crippen molar-refractivity contribution in [3.8, 4) is 10.6 Å². The van der Waals surface area contributed by atoms with Crippen LogP contribution in [0.4, 0.5) is 0 Å². The number of hydrogen-bond acceptors (Lipinski definition) is 4. The molecule has 0 aliphatic carbocycles. The van der Waals surface area contributed by atoms with E-state index >= 15 is 0 Å². The molecule has 78 valence electrons. The van der Waals surface area contributed by atoms with E-state index in [0.717, 1.165) is 20.8 Å². The summed E-state index contributed by atoms with van der Waals surface area (Å²) >= 11 is 7.55. The van der Waals surface area contributed by atoms with E-state index < -0.39 is 0 Å². The summed E-state index contributed by atoms with van der Waals surface area (Å²) in [6.07, 6.45) is 3.24. The Morgan fingerprint density at radius 2 is 2.06 bits per heavy atom. The van der Waals surface area contributed by atoms with E-state index in [1.807, 2.05) is 24.3 Å². The first-order valence-corrected chi connectivity index (χ1v) is 5.85. The highest BCUT2D eigenvalue weighted by Crippen LogP contribution is 2.34. The average molecular weight is 248 g/mol. The summed E-state index contributed by atoms with van der Waals surface area (Å²) in [6, 6.07) is 7.80. The van der Waals surface area contributed by atoms with Crippen LogP contribution in [0.5, 0.6) is 0 Å². The van der Waals surface area contributed by atoms with Crippen LogP contribution in [0, 0.1) is 0 Å². The summed E-state index contributed by atoms with van der Waals surface area (Å²) in [5.41, 5.74) is 1.80. The number of nitrogens with zero attached hydrogens (tertiary/aromatic N) is 3. The van der Waals surface area contributed by atoms with Crippen LogP contribution in [0.2, 0.25) is 5.15 Å². The van der Waals surface area contributed by atoms with Gasteiger partial charge in [0.15, 0.2) is 0 Å². The minimum Gasteiger partial charge on any atom is -0.255 e. The van der Waals surface area contributed by atoms with Crippen molar-refractivity contribution in [2.75, 3.05) is 0 Å². The molecule has 0 aromatic carbocycles. The standard InChI is InChI=1S/C11H6ClN3S/c12-11-10-8(14-6-15-11)5-9(16-10)7-3-1-2-4-13-7/h1-6H. The molecule has 0 aliphatic heterocycles. The molecule has 0 saturated heterocycles. The fourth-order valence-electron chi connectivity index (χ4n) is 1.46. The van der Waals surface area contributed by atoms with Crippen molar-refractivity contribution in [1.82, 2.24) is 15.0 Å². The Morgan fingerprint density at radius 3 is 2.81 bits per heavy atom. The van der Waals surface area contributed by atoms with E-state index in [0.29, 0.717) is 5.15 Å². The molecule has 0 aliphatic rings. The van der Waals surface area contributed by atoms with E-state index in [-0.39, 0.29) is 0 Å². The highest BCUT2D eigenvalue weighted by Gasteiger charge is 2.08. The Kier molecular flexibility index (Phi) is 2.31. The smallest absolute Gasteiger partial charge is 0.150 e. The summed E-state index contributed by atoms with van der Waals surface area (Å²) in [6.45, 7) is 0. The van der Waals surface area contributed by atoms with Crippen LogP contribution in [0.1, 0.15) is 0 Å². The number of thiophene rings is 1. The van der Waals surface area contributed by atoms with Crippen LogP contribution in [0.25, 0.3) is 20.8 Å². The zero-order valence-corrected chi connectivity index (χ0v) is 9.66. The molecule has 5 heteroatoms. The summed E-state index contributed by atoms with van der Waals surface area (Å²) in [4.78, 5) is 13.5. The van der Waals surface area contributed by atoms with Crippen LogP contribution in [0.3, 0.4) is 0 Å². The van der Waals surface area contributed by atoms with Gasteiger partial charge in [0.1, 0.15) is 11.5 Å². The highest BCUT2D eigenvalue weighted by molar-refractivity contribution is 7.22. The molecule has 0 saturated carbocycles. The van der Waals surface area contributed by atoms with Crippen LogP contribution in [-0.2, 0) is 0 Å². The molecule has 0 atom stereocenters. The van der Waals surface area contributed by atoms with Crippen molar-refractivity contribution < 1.29 is 0 Å². The quantitative estimate of drug-likeness (QED) is 0.619.